The first kappa shape index (κ1) is 13.7. The zero-order chi connectivity index (χ0) is 12.3. The highest BCUT2D eigenvalue weighted by molar-refractivity contribution is 9.09. The maximum absolute atomic E-state index is 13.0. The van der Waals surface area contributed by atoms with Gasteiger partial charge >= 0.3 is 0 Å². The van der Waals surface area contributed by atoms with Gasteiger partial charge in [0.25, 0.3) is 0 Å². The molecule has 0 nitrogen and oxygen atoms in total. The Labute approximate surface area is 106 Å². The van der Waals surface area contributed by atoms with Crippen LogP contribution in [0.2, 0.25) is 0 Å². The van der Waals surface area contributed by atoms with E-state index in [1.807, 2.05) is 13.0 Å². The van der Waals surface area contributed by atoms with Gasteiger partial charge in [0.1, 0.15) is 5.82 Å². The van der Waals surface area contributed by atoms with Crippen LogP contribution in [0.25, 0.3) is 0 Å². The molecule has 0 heterocycles. The molecule has 0 amide bonds. The third-order valence-electron chi connectivity index (χ3n) is 3.18. The van der Waals surface area contributed by atoms with Crippen LogP contribution in [0.1, 0.15) is 31.9 Å². The van der Waals surface area contributed by atoms with Gasteiger partial charge in [-0.3, -0.25) is 0 Å². The van der Waals surface area contributed by atoms with Crippen molar-refractivity contribution in [3.63, 3.8) is 0 Å². The molecule has 0 N–H and O–H groups in total. The van der Waals surface area contributed by atoms with Crippen molar-refractivity contribution < 1.29 is 4.39 Å². The quantitative estimate of drug-likeness (QED) is 0.705. The standard InChI is InChI=1S/C14H20BrF/c1-10-7-13(16)6-5-11(10)8-12(9-15)14(2,3)4/h5-7,12H,8-9H2,1-4H3. The maximum atomic E-state index is 13.0. The van der Waals surface area contributed by atoms with Gasteiger partial charge in [0, 0.05) is 5.33 Å². The van der Waals surface area contributed by atoms with E-state index in [-0.39, 0.29) is 11.2 Å². The molecule has 0 aliphatic heterocycles. The minimum absolute atomic E-state index is 0.146. The Morgan fingerprint density at radius 3 is 2.38 bits per heavy atom. The van der Waals surface area contributed by atoms with Crippen LogP contribution in [0.15, 0.2) is 18.2 Å². The Bertz CT molecular complexity index is 352. The average molecular weight is 287 g/mol. The summed E-state index contributed by atoms with van der Waals surface area (Å²) in [4.78, 5) is 0. The molecule has 1 aromatic rings. The van der Waals surface area contributed by atoms with E-state index in [1.54, 1.807) is 12.1 Å². The van der Waals surface area contributed by atoms with E-state index in [0.29, 0.717) is 5.92 Å². The summed E-state index contributed by atoms with van der Waals surface area (Å²) < 4.78 is 13.0. The predicted molar refractivity (Wildman–Crippen MR) is 71.6 cm³/mol. The number of aryl methyl sites for hydroxylation is 1. The molecule has 0 aromatic heterocycles. The first-order valence-electron chi connectivity index (χ1n) is 5.65. The second-order valence-corrected chi connectivity index (χ2v) is 6.14. The van der Waals surface area contributed by atoms with Gasteiger partial charge in [-0.15, -0.1) is 0 Å². The van der Waals surface area contributed by atoms with E-state index in [2.05, 4.69) is 36.7 Å². The molecule has 1 aromatic carbocycles. The molecule has 1 unspecified atom stereocenters. The zero-order valence-electron chi connectivity index (χ0n) is 10.5. The van der Waals surface area contributed by atoms with Crippen molar-refractivity contribution in [1.29, 1.82) is 0 Å². The summed E-state index contributed by atoms with van der Waals surface area (Å²) in [6.07, 6.45) is 1.00. The molecule has 0 radical (unpaired) electrons. The second kappa shape index (κ2) is 5.31. The first-order valence-corrected chi connectivity index (χ1v) is 6.77. The molecule has 0 saturated carbocycles. The molecular formula is C14H20BrF. The van der Waals surface area contributed by atoms with Crippen LogP contribution >= 0.6 is 15.9 Å². The van der Waals surface area contributed by atoms with Crippen LogP contribution < -0.4 is 0 Å². The van der Waals surface area contributed by atoms with E-state index in [0.717, 1.165) is 17.3 Å². The van der Waals surface area contributed by atoms with Crippen LogP contribution in [-0.4, -0.2) is 5.33 Å². The van der Waals surface area contributed by atoms with Crippen LogP contribution in [0, 0.1) is 24.1 Å². The van der Waals surface area contributed by atoms with Gasteiger partial charge in [-0.05, 0) is 47.9 Å². The van der Waals surface area contributed by atoms with Gasteiger partial charge in [-0.2, -0.15) is 0 Å². The van der Waals surface area contributed by atoms with Crippen LogP contribution in [0.5, 0.6) is 0 Å². The van der Waals surface area contributed by atoms with Crippen molar-refractivity contribution in [2.75, 3.05) is 5.33 Å². The van der Waals surface area contributed by atoms with Crippen molar-refractivity contribution >= 4 is 15.9 Å². The third kappa shape index (κ3) is 3.58. The summed E-state index contributed by atoms with van der Waals surface area (Å²) >= 11 is 3.57. The highest BCUT2D eigenvalue weighted by atomic mass is 79.9. The minimum atomic E-state index is -0.146. The van der Waals surface area contributed by atoms with Gasteiger partial charge in [0.05, 0.1) is 0 Å². The van der Waals surface area contributed by atoms with Crippen molar-refractivity contribution in [3.05, 3.63) is 35.1 Å². The maximum Gasteiger partial charge on any atom is 0.123 e. The van der Waals surface area contributed by atoms with Gasteiger partial charge in [-0.25, -0.2) is 4.39 Å². The van der Waals surface area contributed by atoms with E-state index in [9.17, 15) is 4.39 Å². The number of benzene rings is 1. The Kier molecular flexibility index (Phi) is 4.54. The topological polar surface area (TPSA) is 0 Å². The summed E-state index contributed by atoms with van der Waals surface area (Å²) in [6.45, 7) is 8.72. The van der Waals surface area contributed by atoms with Crippen molar-refractivity contribution in [2.24, 2.45) is 11.3 Å². The Morgan fingerprint density at radius 1 is 1.31 bits per heavy atom. The number of halogens is 2. The Hall–Kier alpha value is -0.370. The van der Waals surface area contributed by atoms with Gasteiger partial charge in [0.15, 0.2) is 0 Å². The Balaban J connectivity index is 2.86. The minimum Gasteiger partial charge on any atom is -0.207 e. The van der Waals surface area contributed by atoms with Gasteiger partial charge in [-0.1, -0.05) is 42.8 Å². The van der Waals surface area contributed by atoms with Gasteiger partial charge in [0.2, 0.25) is 0 Å². The molecular weight excluding hydrogens is 267 g/mol. The third-order valence-corrected chi connectivity index (χ3v) is 3.96. The van der Waals surface area contributed by atoms with E-state index >= 15 is 0 Å². The van der Waals surface area contributed by atoms with Crippen molar-refractivity contribution in [1.82, 2.24) is 0 Å². The monoisotopic (exact) mass is 286 g/mol. The first-order chi connectivity index (χ1) is 7.34. The molecule has 1 atom stereocenters. The summed E-state index contributed by atoms with van der Waals surface area (Å²) in [6, 6.07) is 5.08. The predicted octanol–water partition coefficient (Wildman–Crippen LogP) is 4.73. The molecule has 0 spiro atoms. The van der Waals surface area contributed by atoms with E-state index in [1.165, 1.54) is 5.56 Å². The normalized spacial score (nSPS) is 13.9. The largest absolute Gasteiger partial charge is 0.207 e. The number of hydrogen-bond acceptors (Lipinski definition) is 0. The highest BCUT2D eigenvalue weighted by Gasteiger charge is 2.24. The molecule has 0 saturated heterocycles. The molecule has 1 rings (SSSR count). The summed E-state index contributed by atoms with van der Waals surface area (Å²) in [5, 5.41) is 0.979. The van der Waals surface area contributed by atoms with Gasteiger partial charge < -0.3 is 0 Å². The summed E-state index contributed by atoms with van der Waals surface area (Å²) in [5.41, 5.74) is 2.57. The van der Waals surface area contributed by atoms with Crippen molar-refractivity contribution in [2.45, 2.75) is 34.1 Å². The lowest BCUT2D eigenvalue weighted by atomic mass is 9.78. The smallest absolute Gasteiger partial charge is 0.123 e. The number of hydrogen-bond donors (Lipinski definition) is 0. The SMILES string of the molecule is Cc1cc(F)ccc1CC(CBr)C(C)(C)C. The second-order valence-electron chi connectivity index (χ2n) is 5.49. The Morgan fingerprint density at radius 2 is 1.94 bits per heavy atom. The van der Waals surface area contributed by atoms with Crippen molar-refractivity contribution in [3.8, 4) is 0 Å². The lowest BCUT2D eigenvalue weighted by Gasteiger charge is -2.29. The highest BCUT2D eigenvalue weighted by Crippen LogP contribution is 2.31. The molecule has 0 bridgehead atoms. The lowest BCUT2D eigenvalue weighted by Crippen LogP contribution is -2.24. The fourth-order valence-corrected chi connectivity index (χ4v) is 2.95. The lowest BCUT2D eigenvalue weighted by molar-refractivity contribution is 0.266. The summed E-state index contributed by atoms with van der Waals surface area (Å²) in [5.74, 6) is 0.420. The number of alkyl halides is 1. The molecule has 0 fully saturated rings. The number of rotatable bonds is 3. The molecule has 16 heavy (non-hydrogen) atoms. The van der Waals surface area contributed by atoms with E-state index < -0.39 is 0 Å². The fourth-order valence-electron chi connectivity index (χ4n) is 1.75. The van der Waals surface area contributed by atoms with E-state index in [4.69, 9.17) is 0 Å². The zero-order valence-corrected chi connectivity index (χ0v) is 12.1. The van der Waals surface area contributed by atoms with Crippen LogP contribution in [-0.2, 0) is 6.42 Å². The fraction of sp³-hybridized carbons (Fsp3) is 0.571. The summed E-state index contributed by atoms with van der Waals surface area (Å²) in [7, 11) is 0. The molecule has 2 heteroatoms. The molecule has 0 aliphatic rings. The van der Waals surface area contributed by atoms with Crippen LogP contribution in [0.3, 0.4) is 0 Å². The average Bonchev–Trinajstić information content (AvgIpc) is 2.14. The molecule has 0 aliphatic carbocycles. The molecule has 90 valence electrons. The van der Waals surface area contributed by atoms with Crippen LogP contribution in [0.4, 0.5) is 4.39 Å².